The SMILES string of the molecule is CC(=O)N1CCc2c(c(-c3cccc4cc(-c5ccc(C)nc5)ncc34)nn2C2CCOCC2)C1. The minimum absolute atomic E-state index is 0.108. The first-order chi connectivity index (χ1) is 17.1. The van der Waals surface area contributed by atoms with Crippen LogP contribution in [0.1, 0.15) is 42.8 Å². The highest BCUT2D eigenvalue weighted by Crippen LogP contribution is 2.37. The third kappa shape index (κ3) is 4.00. The van der Waals surface area contributed by atoms with Gasteiger partial charge in [-0.25, -0.2) is 0 Å². The number of carbonyl (C=O) groups is 1. The van der Waals surface area contributed by atoms with Crippen molar-refractivity contribution in [3.05, 3.63) is 65.7 Å². The predicted octanol–water partition coefficient (Wildman–Crippen LogP) is 4.72. The van der Waals surface area contributed by atoms with E-state index in [1.54, 1.807) is 6.92 Å². The van der Waals surface area contributed by atoms with Crippen molar-refractivity contribution >= 4 is 16.7 Å². The summed E-state index contributed by atoms with van der Waals surface area (Å²) in [6.45, 7) is 6.50. The van der Waals surface area contributed by atoms with Gasteiger partial charge in [0.25, 0.3) is 0 Å². The zero-order valence-corrected chi connectivity index (χ0v) is 20.2. The highest BCUT2D eigenvalue weighted by Gasteiger charge is 2.30. The molecule has 0 unspecified atom stereocenters. The van der Waals surface area contributed by atoms with E-state index in [1.807, 2.05) is 30.3 Å². The van der Waals surface area contributed by atoms with Crippen molar-refractivity contribution in [2.24, 2.45) is 0 Å². The van der Waals surface area contributed by atoms with E-state index < -0.39 is 0 Å². The molecule has 0 bridgehead atoms. The number of fused-ring (bicyclic) bond motifs is 2. The fraction of sp³-hybridized carbons (Fsp3) is 0.357. The van der Waals surface area contributed by atoms with E-state index >= 15 is 0 Å². The summed E-state index contributed by atoms with van der Waals surface area (Å²) in [7, 11) is 0. The van der Waals surface area contributed by atoms with Crippen LogP contribution in [0.4, 0.5) is 0 Å². The summed E-state index contributed by atoms with van der Waals surface area (Å²) in [6, 6.07) is 12.9. The summed E-state index contributed by atoms with van der Waals surface area (Å²) in [6.07, 6.45) is 6.58. The van der Waals surface area contributed by atoms with E-state index in [0.717, 1.165) is 83.6 Å². The molecule has 35 heavy (non-hydrogen) atoms. The van der Waals surface area contributed by atoms with Crippen LogP contribution in [0.15, 0.2) is 48.8 Å². The molecular weight excluding hydrogens is 438 g/mol. The number of hydrogen-bond acceptors (Lipinski definition) is 5. The highest BCUT2D eigenvalue weighted by molar-refractivity contribution is 5.97. The predicted molar refractivity (Wildman–Crippen MR) is 135 cm³/mol. The molecule has 178 valence electrons. The number of aryl methyl sites for hydroxylation is 1. The zero-order chi connectivity index (χ0) is 23.9. The van der Waals surface area contributed by atoms with Crippen LogP contribution < -0.4 is 0 Å². The fourth-order valence-corrected chi connectivity index (χ4v) is 5.32. The van der Waals surface area contributed by atoms with Gasteiger partial charge < -0.3 is 9.64 Å². The Morgan fingerprint density at radius 2 is 1.94 bits per heavy atom. The number of ether oxygens (including phenoxy) is 1. The number of rotatable bonds is 3. The first-order valence-electron chi connectivity index (χ1n) is 12.3. The zero-order valence-electron chi connectivity index (χ0n) is 20.2. The Hall–Kier alpha value is -3.58. The maximum atomic E-state index is 12.2. The smallest absolute Gasteiger partial charge is 0.219 e. The van der Waals surface area contributed by atoms with Crippen molar-refractivity contribution < 1.29 is 9.53 Å². The quantitative estimate of drug-likeness (QED) is 0.436. The third-order valence-corrected chi connectivity index (χ3v) is 7.30. The molecular formula is C28H29N5O2. The van der Waals surface area contributed by atoms with Crippen molar-refractivity contribution in [3.8, 4) is 22.5 Å². The summed E-state index contributed by atoms with van der Waals surface area (Å²) < 4.78 is 7.85. The molecule has 2 aliphatic heterocycles. The van der Waals surface area contributed by atoms with Gasteiger partial charge in [0.15, 0.2) is 0 Å². The monoisotopic (exact) mass is 467 g/mol. The molecule has 7 nitrogen and oxygen atoms in total. The fourth-order valence-electron chi connectivity index (χ4n) is 5.32. The van der Waals surface area contributed by atoms with Crippen LogP contribution in [-0.2, 0) is 22.5 Å². The lowest BCUT2D eigenvalue weighted by molar-refractivity contribution is -0.129. The number of aromatic nitrogens is 4. The van der Waals surface area contributed by atoms with Crippen LogP contribution in [0.2, 0.25) is 0 Å². The number of hydrogen-bond donors (Lipinski definition) is 0. The normalized spacial score (nSPS) is 16.5. The molecule has 0 aliphatic carbocycles. The van der Waals surface area contributed by atoms with Crippen molar-refractivity contribution in [2.45, 2.75) is 45.7 Å². The molecule has 0 radical (unpaired) electrons. The van der Waals surface area contributed by atoms with Gasteiger partial charge in [-0.1, -0.05) is 18.2 Å². The van der Waals surface area contributed by atoms with Crippen LogP contribution in [0.5, 0.6) is 0 Å². The molecule has 5 heterocycles. The average Bonchev–Trinajstić information content (AvgIpc) is 3.27. The molecule has 0 spiro atoms. The Balaban J connectivity index is 1.47. The van der Waals surface area contributed by atoms with Gasteiger partial charge in [0.05, 0.1) is 17.4 Å². The van der Waals surface area contributed by atoms with Gasteiger partial charge in [-0.05, 0) is 43.4 Å². The summed E-state index contributed by atoms with van der Waals surface area (Å²) in [5, 5.41) is 7.38. The topological polar surface area (TPSA) is 73.1 Å². The lowest BCUT2D eigenvalue weighted by Gasteiger charge is -2.29. The molecule has 6 rings (SSSR count). The maximum absolute atomic E-state index is 12.2. The molecule has 4 aromatic rings. The minimum atomic E-state index is 0.108. The first kappa shape index (κ1) is 21.9. The van der Waals surface area contributed by atoms with Crippen molar-refractivity contribution in [1.29, 1.82) is 0 Å². The molecule has 3 aromatic heterocycles. The third-order valence-electron chi connectivity index (χ3n) is 7.30. The summed E-state index contributed by atoms with van der Waals surface area (Å²) in [5.41, 5.74) is 7.35. The molecule has 7 heteroatoms. The molecule has 0 atom stereocenters. The lowest BCUT2D eigenvalue weighted by Crippen LogP contribution is -2.35. The highest BCUT2D eigenvalue weighted by atomic mass is 16.5. The lowest BCUT2D eigenvalue weighted by atomic mass is 9.96. The van der Waals surface area contributed by atoms with E-state index in [1.165, 1.54) is 5.69 Å². The molecule has 1 aromatic carbocycles. The van der Waals surface area contributed by atoms with Crippen molar-refractivity contribution in [2.75, 3.05) is 19.8 Å². The number of amides is 1. The molecule has 0 saturated carbocycles. The van der Waals surface area contributed by atoms with E-state index in [-0.39, 0.29) is 5.91 Å². The van der Waals surface area contributed by atoms with E-state index in [4.69, 9.17) is 14.8 Å². The summed E-state index contributed by atoms with van der Waals surface area (Å²) in [4.78, 5) is 23.4. The van der Waals surface area contributed by atoms with Crippen LogP contribution in [0.3, 0.4) is 0 Å². The number of nitrogens with zero attached hydrogens (tertiary/aromatic N) is 5. The molecule has 1 saturated heterocycles. The van der Waals surface area contributed by atoms with Gasteiger partial charge in [0.2, 0.25) is 5.91 Å². The summed E-state index contributed by atoms with van der Waals surface area (Å²) >= 11 is 0. The number of benzene rings is 1. The van der Waals surface area contributed by atoms with Crippen LogP contribution in [0.25, 0.3) is 33.3 Å². The Morgan fingerprint density at radius 1 is 1.09 bits per heavy atom. The first-order valence-corrected chi connectivity index (χ1v) is 12.3. The summed E-state index contributed by atoms with van der Waals surface area (Å²) in [5.74, 6) is 0.108. The van der Waals surface area contributed by atoms with Gasteiger partial charge in [-0.3, -0.25) is 19.4 Å². The minimum Gasteiger partial charge on any atom is -0.381 e. The molecule has 1 amide bonds. The van der Waals surface area contributed by atoms with Crippen LogP contribution in [0, 0.1) is 6.92 Å². The van der Waals surface area contributed by atoms with Crippen molar-refractivity contribution in [1.82, 2.24) is 24.6 Å². The van der Waals surface area contributed by atoms with Gasteiger partial charge in [0.1, 0.15) is 0 Å². The second-order valence-corrected chi connectivity index (χ2v) is 9.54. The number of pyridine rings is 2. The Bertz CT molecular complexity index is 1400. The second-order valence-electron chi connectivity index (χ2n) is 9.54. The number of carbonyl (C=O) groups excluding carboxylic acids is 1. The largest absolute Gasteiger partial charge is 0.381 e. The van der Waals surface area contributed by atoms with Gasteiger partial charge in [0, 0.05) is 85.5 Å². The van der Waals surface area contributed by atoms with E-state index in [0.29, 0.717) is 12.6 Å². The molecule has 2 aliphatic rings. The Labute approximate surface area is 204 Å². The van der Waals surface area contributed by atoms with Gasteiger partial charge >= 0.3 is 0 Å². The Morgan fingerprint density at radius 3 is 2.71 bits per heavy atom. The molecule has 1 fully saturated rings. The van der Waals surface area contributed by atoms with E-state index in [2.05, 4.69) is 40.0 Å². The van der Waals surface area contributed by atoms with Crippen LogP contribution in [-0.4, -0.2) is 50.3 Å². The average molecular weight is 468 g/mol. The second kappa shape index (κ2) is 8.89. The maximum Gasteiger partial charge on any atom is 0.219 e. The standard InChI is InChI=1S/C28H29N5O2/c1-18-6-7-21(15-29-18)26-14-20-4-3-5-23(24(20)16-30-26)28-25-17-32(19(2)34)11-8-27(25)33(31-28)22-9-12-35-13-10-22/h3-7,14-16,22H,8-13,17H2,1-2H3. The molecule has 0 N–H and O–H groups in total. The van der Waals surface area contributed by atoms with E-state index in [9.17, 15) is 4.79 Å². The van der Waals surface area contributed by atoms with Crippen LogP contribution >= 0.6 is 0 Å². The van der Waals surface area contributed by atoms with Gasteiger partial charge in [-0.15, -0.1) is 0 Å². The Kier molecular flexibility index (Phi) is 5.57. The van der Waals surface area contributed by atoms with Crippen molar-refractivity contribution in [3.63, 3.8) is 0 Å². The van der Waals surface area contributed by atoms with Gasteiger partial charge in [-0.2, -0.15) is 5.10 Å².